The molecule has 2 aliphatic rings. The largest absolute Gasteiger partial charge is 0.497 e. The van der Waals surface area contributed by atoms with E-state index < -0.39 is 0 Å². The van der Waals surface area contributed by atoms with Crippen LogP contribution in [0.3, 0.4) is 0 Å². The van der Waals surface area contributed by atoms with Crippen molar-refractivity contribution in [3.05, 3.63) is 51.2 Å². The Kier molecular flexibility index (Phi) is 6.62. The summed E-state index contributed by atoms with van der Waals surface area (Å²) >= 11 is 0. The van der Waals surface area contributed by atoms with Gasteiger partial charge < -0.3 is 14.5 Å². The zero-order valence-corrected chi connectivity index (χ0v) is 19.1. The first kappa shape index (κ1) is 21.8. The van der Waals surface area contributed by atoms with Gasteiger partial charge in [0.25, 0.3) is 5.56 Å². The van der Waals surface area contributed by atoms with E-state index in [9.17, 15) is 4.79 Å². The second-order valence-electron chi connectivity index (χ2n) is 8.96. The lowest BCUT2D eigenvalue weighted by Crippen LogP contribution is -2.40. The minimum Gasteiger partial charge on any atom is -0.497 e. The van der Waals surface area contributed by atoms with Gasteiger partial charge in [-0.1, -0.05) is 0 Å². The fourth-order valence-electron chi connectivity index (χ4n) is 4.69. The molecule has 0 aliphatic carbocycles. The molecule has 2 aliphatic heterocycles. The summed E-state index contributed by atoms with van der Waals surface area (Å²) in [5, 5.41) is 0. The monoisotopic (exact) mass is 426 g/mol. The number of methoxy groups -OCH3 is 2. The number of piperidine rings is 1. The Bertz CT molecular complexity index is 942. The van der Waals surface area contributed by atoms with Crippen LogP contribution in [0.2, 0.25) is 0 Å². The molecular weight excluding hydrogens is 392 g/mol. The Balaban J connectivity index is 1.42. The maximum Gasteiger partial charge on any atom is 0.254 e. The number of nitrogens with one attached hydrogen (secondary N) is 1. The van der Waals surface area contributed by atoms with E-state index >= 15 is 0 Å². The van der Waals surface area contributed by atoms with Crippen LogP contribution in [0.4, 0.5) is 0 Å². The summed E-state index contributed by atoms with van der Waals surface area (Å²) in [5.74, 6) is 2.81. The highest BCUT2D eigenvalue weighted by Gasteiger charge is 2.27. The number of fused-ring (bicyclic) bond motifs is 1. The van der Waals surface area contributed by atoms with Gasteiger partial charge in [-0.2, -0.15) is 0 Å². The lowest BCUT2D eigenvalue weighted by atomic mass is 9.94. The second-order valence-corrected chi connectivity index (χ2v) is 8.96. The Morgan fingerprint density at radius 1 is 1.10 bits per heavy atom. The summed E-state index contributed by atoms with van der Waals surface area (Å²) in [5.41, 5.74) is 3.10. The number of ether oxygens (including phenoxy) is 2. The maximum atomic E-state index is 12.7. The van der Waals surface area contributed by atoms with Gasteiger partial charge in [0.1, 0.15) is 17.3 Å². The summed E-state index contributed by atoms with van der Waals surface area (Å²) in [6.07, 6.45) is 2.78. The Labute approximate surface area is 184 Å². The molecular formula is C24H34N4O3. The average molecular weight is 427 g/mol. The molecule has 1 fully saturated rings. The number of rotatable bonds is 6. The van der Waals surface area contributed by atoms with E-state index in [1.54, 1.807) is 14.2 Å². The average Bonchev–Trinajstić information content (AvgIpc) is 2.78. The van der Waals surface area contributed by atoms with Crippen LogP contribution < -0.4 is 15.0 Å². The van der Waals surface area contributed by atoms with Gasteiger partial charge in [0.2, 0.25) is 0 Å². The number of likely N-dealkylation sites (tertiary alicyclic amines) is 1. The first-order valence-corrected chi connectivity index (χ1v) is 11.3. The molecule has 1 saturated heterocycles. The van der Waals surface area contributed by atoms with Crippen molar-refractivity contribution in [2.24, 2.45) is 0 Å². The number of hydrogen-bond donors (Lipinski definition) is 1. The molecule has 0 unspecified atom stereocenters. The molecule has 4 rings (SSSR count). The van der Waals surface area contributed by atoms with Crippen molar-refractivity contribution >= 4 is 0 Å². The van der Waals surface area contributed by atoms with Crippen molar-refractivity contribution in [2.75, 3.05) is 33.9 Å². The summed E-state index contributed by atoms with van der Waals surface area (Å²) in [6, 6.07) is 6.50. The SMILES string of the molecule is COc1cc(CN2CCC(c3nc4c(c(=O)[nH]3)CCN(C(C)C)C4)CC2)cc(OC)c1. The van der Waals surface area contributed by atoms with Gasteiger partial charge in [0, 0.05) is 43.2 Å². The molecule has 1 N–H and O–H groups in total. The van der Waals surface area contributed by atoms with Gasteiger partial charge in [-0.15, -0.1) is 0 Å². The number of hydrogen-bond acceptors (Lipinski definition) is 6. The van der Waals surface area contributed by atoms with E-state index in [1.165, 1.54) is 5.56 Å². The molecule has 0 saturated carbocycles. The van der Waals surface area contributed by atoms with Gasteiger partial charge in [0.05, 0.1) is 19.9 Å². The number of H-pyrrole nitrogens is 1. The van der Waals surface area contributed by atoms with Crippen LogP contribution >= 0.6 is 0 Å². The highest BCUT2D eigenvalue weighted by Crippen LogP contribution is 2.29. The Hall–Kier alpha value is -2.38. The summed E-state index contributed by atoms with van der Waals surface area (Å²) in [6.45, 7) is 8.92. The lowest BCUT2D eigenvalue weighted by Gasteiger charge is -2.33. The standard InChI is InChI=1S/C24H34N4O3/c1-16(2)28-10-7-21-22(15-28)25-23(26-24(21)29)18-5-8-27(9-6-18)14-17-11-19(30-3)13-20(12-17)31-4/h11-13,16,18H,5-10,14-15H2,1-4H3,(H,25,26,29). The third-order valence-electron chi connectivity index (χ3n) is 6.64. The molecule has 0 radical (unpaired) electrons. The fraction of sp³-hybridized carbons (Fsp3) is 0.583. The molecule has 2 aromatic rings. The second kappa shape index (κ2) is 9.40. The molecule has 0 spiro atoms. The van der Waals surface area contributed by atoms with Gasteiger partial charge in [-0.3, -0.25) is 14.6 Å². The third-order valence-corrected chi connectivity index (χ3v) is 6.64. The van der Waals surface area contributed by atoms with Gasteiger partial charge >= 0.3 is 0 Å². The molecule has 168 valence electrons. The van der Waals surface area contributed by atoms with Crippen LogP contribution in [0.25, 0.3) is 0 Å². The highest BCUT2D eigenvalue weighted by atomic mass is 16.5. The van der Waals surface area contributed by atoms with E-state index in [0.29, 0.717) is 12.0 Å². The minimum absolute atomic E-state index is 0.0642. The smallest absolute Gasteiger partial charge is 0.254 e. The Morgan fingerprint density at radius 3 is 2.39 bits per heavy atom. The minimum atomic E-state index is 0.0642. The van der Waals surface area contributed by atoms with E-state index in [4.69, 9.17) is 14.5 Å². The van der Waals surface area contributed by atoms with Gasteiger partial charge in [-0.25, -0.2) is 4.98 Å². The van der Waals surface area contributed by atoms with E-state index in [1.807, 2.05) is 6.07 Å². The number of nitrogens with zero attached hydrogens (tertiary/aromatic N) is 3. The van der Waals surface area contributed by atoms with Crippen molar-refractivity contribution in [2.45, 2.75) is 58.2 Å². The zero-order chi connectivity index (χ0) is 22.0. The summed E-state index contributed by atoms with van der Waals surface area (Å²) in [4.78, 5) is 25.6. The topological polar surface area (TPSA) is 70.7 Å². The normalized spacial score (nSPS) is 18.2. The molecule has 0 amide bonds. The predicted octanol–water partition coefficient (Wildman–Crippen LogP) is 2.93. The first-order chi connectivity index (χ1) is 15.0. The maximum absolute atomic E-state index is 12.7. The van der Waals surface area contributed by atoms with Crippen molar-refractivity contribution in [3.63, 3.8) is 0 Å². The van der Waals surface area contributed by atoms with Crippen molar-refractivity contribution in [1.82, 2.24) is 19.8 Å². The van der Waals surface area contributed by atoms with E-state index in [-0.39, 0.29) is 5.56 Å². The number of aromatic amines is 1. The molecule has 1 aromatic carbocycles. The van der Waals surface area contributed by atoms with Gasteiger partial charge in [-0.05, 0) is 63.9 Å². The zero-order valence-electron chi connectivity index (χ0n) is 19.1. The molecule has 0 bridgehead atoms. The third kappa shape index (κ3) is 4.93. The quantitative estimate of drug-likeness (QED) is 0.766. The molecule has 0 atom stereocenters. The van der Waals surface area contributed by atoms with Crippen LogP contribution in [0.5, 0.6) is 11.5 Å². The van der Waals surface area contributed by atoms with E-state index in [2.05, 4.69) is 40.8 Å². The number of aromatic nitrogens is 2. The van der Waals surface area contributed by atoms with Crippen molar-refractivity contribution in [1.29, 1.82) is 0 Å². The highest BCUT2D eigenvalue weighted by molar-refractivity contribution is 5.38. The van der Waals surface area contributed by atoms with Crippen LogP contribution in [0, 0.1) is 0 Å². The lowest BCUT2D eigenvalue weighted by molar-refractivity contribution is 0.193. The van der Waals surface area contributed by atoms with Crippen LogP contribution in [0.1, 0.15) is 55.3 Å². The van der Waals surface area contributed by atoms with Crippen molar-refractivity contribution in [3.8, 4) is 11.5 Å². The van der Waals surface area contributed by atoms with Crippen LogP contribution in [0.15, 0.2) is 23.0 Å². The molecule has 7 heteroatoms. The first-order valence-electron chi connectivity index (χ1n) is 11.3. The van der Waals surface area contributed by atoms with Crippen LogP contribution in [-0.2, 0) is 19.5 Å². The molecule has 31 heavy (non-hydrogen) atoms. The van der Waals surface area contributed by atoms with Crippen molar-refractivity contribution < 1.29 is 9.47 Å². The molecule has 7 nitrogen and oxygen atoms in total. The Morgan fingerprint density at radius 2 is 1.77 bits per heavy atom. The number of benzene rings is 1. The summed E-state index contributed by atoms with van der Waals surface area (Å²) < 4.78 is 10.8. The fourth-order valence-corrected chi connectivity index (χ4v) is 4.69. The molecule has 3 heterocycles. The predicted molar refractivity (Wildman–Crippen MR) is 121 cm³/mol. The molecule has 1 aromatic heterocycles. The van der Waals surface area contributed by atoms with Gasteiger partial charge in [0.15, 0.2) is 0 Å². The van der Waals surface area contributed by atoms with Crippen LogP contribution in [-0.4, -0.2) is 59.7 Å². The van der Waals surface area contributed by atoms with E-state index in [0.717, 1.165) is 80.6 Å². The summed E-state index contributed by atoms with van der Waals surface area (Å²) in [7, 11) is 3.35.